The average molecular weight is 655 g/mol. The molecule has 0 unspecified atom stereocenters. The summed E-state index contributed by atoms with van der Waals surface area (Å²) in [5.41, 5.74) is -2.33. The second-order valence-corrected chi connectivity index (χ2v) is 15.8. The number of carbonyl (C=O) groups is 4. The summed E-state index contributed by atoms with van der Waals surface area (Å²) in [6, 6.07) is -0.715. The zero-order valence-corrected chi connectivity index (χ0v) is 29.5. The fraction of sp³-hybridized carbons (Fsp3) is 0.875. The second-order valence-electron chi connectivity index (χ2n) is 15.8. The quantitative estimate of drug-likeness (QED) is 0.0564. The van der Waals surface area contributed by atoms with E-state index in [-0.39, 0.29) is 12.1 Å². The van der Waals surface area contributed by atoms with E-state index in [4.69, 9.17) is 11.7 Å². The van der Waals surface area contributed by atoms with E-state index in [9.17, 15) is 29.6 Å². The van der Waals surface area contributed by atoms with Gasteiger partial charge in [0.15, 0.2) is 0 Å². The van der Waals surface area contributed by atoms with Gasteiger partial charge in [-0.3, -0.25) is 29.2 Å². The van der Waals surface area contributed by atoms with Gasteiger partial charge in [0.2, 0.25) is 0 Å². The number of hydrogen-bond donors (Lipinski definition) is 6. The minimum atomic E-state index is -0.764. The van der Waals surface area contributed by atoms with Crippen LogP contribution in [0.2, 0.25) is 0 Å². The molecule has 2 aliphatic heterocycles. The molecule has 0 saturated carbocycles. The third-order valence-electron chi connectivity index (χ3n) is 9.55. The van der Waals surface area contributed by atoms with Gasteiger partial charge < -0.3 is 21.0 Å². The smallest absolute Gasteiger partial charge is 0.326 e. The lowest BCUT2D eigenvalue weighted by molar-refractivity contribution is -0.251. The Morgan fingerprint density at radius 1 is 0.565 bits per heavy atom. The number of amides is 4. The molecule has 0 bridgehead atoms. The standard InChI is InChI=1S/C32H62N8O6/c1-29(2)19-23(20-30(3,4)39(29)45)37(33)27(43)25(41)35-17-15-13-11-9-10-12-14-16-18-36-26(42)28(44)38(34)24-21-31(5,6)40(46)32(7,8)22-24/h23-24,45-46H,9-22,33-34H2,1-8H3,(H,35,41)(H,36,42). The first-order valence-corrected chi connectivity index (χ1v) is 16.8. The molecule has 0 atom stereocenters. The van der Waals surface area contributed by atoms with Crippen molar-refractivity contribution in [3.05, 3.63) is 0 Å². The molecular formula is C32H62N8O6. The van der Waals surface area contributed by atoms with Crippen LogP contribution in [-0.2, 0) is 19.2 Å². The van der Waals surface area contributed by atoms with Crippen molar-refractivity contribution in [2.75, 3.05) is 13.1 Å². The van der Waals surface area contributed by atoms with Crippen molar-refractivity contribution in [3.8, 4) is 0 Å². The first-order valence-electron chi connectivity index (χ1n) is 16.8. The van der Waals surface area contributed by atoms with Crippen LogP contribution in [0.25, 0.3) is 0 Å². The van der Waals surface area contributed by atoms with Gasteiger partial charge in [-0.1, -0.05) is 38.5 Å². The van der Waals surface area contributed by atoms with E-state index in [2.05, 4.69) is 10.6 Å². The molecule has 266 valence electrons. The van der Waals surface area contributed by atoms with Crippen LogP contribution in [0, 0.1) is 0 Å². The Kier molecular flexibility index (Phi) is 14.0. The van der Waals surface area contributed by atoms with Crippen LogP contribution in [0.4, 0.5) is 0 Å². The number of nitrogens with two attached hydrogens (primary N) is 2. The summed E-state index contributed by atoms with van der Waals surface area (Å²) in [5.74, 6) is 9.19. The monoisotopic (exact) mass is 654 g/mol. The molecule has 2 rings (SSSR count). The minimum Gasteiger partial charge on any atom is -0.348 e. The number of hydrazine groups is 2. The van der Waals surface area contributed by atoms with E-state index in [1.807, 2.05) is 55.4 Å². The lowest BCUT2D eigenvalue weighted by Crippen LogP contribution is -2.65. The number of hydroxylamine groups is 4. The first-order chi connectivity index (χ1) is 21.1. The van der Waals surface area contributed by atoms with E-state index >= 15 is 0 Å². The van der Waals surface area contributed by atoms with Crippen molar-refractivity contribution in [2.45, 2.75) is 167 Å². The number of nitrogens with zero attached hydrogens (tertiary/aromatic N) is 4. The summed E-state index contributed by atoms with van der Waals surface area (Å²) >= 11 is 0. The van der Waals surface area contributed by atoms with Crippen LogP contribution >= 0.6 is 0 Å². The Morgan fingerprint density at radius 2 is 0.804 bits per heavy atom. The molecule has 0 aromatic carbocycles. The molecule has 4 amide bonds. The highest BCUT2D eigenvalue weighted by Crippen LogP contribution is 2.39. The summed E-state index contributed by atoms with van der Waals surface area (Å²) in [4.78, 5) is 50.1. The highest BCUT2D eigenvalue weighted by Gasteiger charge is 2.48. The Labute approximate surface area is 275 Å². The van der Waals surface area contributed by atoms with Crippen molar-refractivity contribution in [1.82, 2.24) is 30.8 Å². The maximum Gasteiger partial charge on any atom is 0.326 e. The minimum absolute atomic E-state index is 0.358. The first kappa shape index (κ1) is 39.8. The summed E-state index contributed by atoms with van der Waals surface area (Å²) in [7, 11) is 0. The number of nitrogens with one attached hydrogen (secondary N) is 2. The molecular weight excluding hydrogens is 592 g/mol. The van der Waals surface area contributed by atoms with Crippen LogP contribution < -0.4 is 22.3 Å². The average Bonchev–Trinajstić information content (AvgIpc) is 2.96. The fourth-order valence-electron chi connectivity index (χ4n) is 7.26. The normalized spacial score (nSPS) is 21.4. The number of unbranched alkanes of at least 4 members (excludes halogenated alkanes) is 7. The number of hydrogen-bond acceptors (Lipinski definition) is 10. The Morgan fingerprint density at radius 3 is 1.07 bits per heavy atom. The molecule has 2 heterocycles. The SMILES string of the molecule is CC1(C)CC(N(N)C(=O)C(=O)NCCCCCCCCCCNC(=O)C(=O)N(N)C2CC(C)(C)N(O)C(C)(C)C2)CC(C)(C)N1O. The predicted molar refractivity (Wildman–Crippen MR) is 175 cm³/mol. The Bertz CT molecular complexity index is 947. The van der Waals surface area contributed by atoms with Crippen LogP contribution in [0.15, 0.2) is 0 Å². The number of rotatable bonds is 13. The zero-order valence-electron chi connectivity index (χ0n) is 29.5. The highest BCUT2D eigenvalue weighted by atomic mass is 16.5. The molecule has 14 nitrogen and oxygen atoms in total. The van der Waals surface area contributed by atoms with Crippen molar-refractivity contribution in [2.24, 2.45) is 11.7 Å². The molecule has 0 aliphatic carbocycles. The molecule has 2 saturated heterocycles. The third kappa shape index (κ3) is 10.6. The lowest BCUT2D eigenvalue weighted by Gasteiger charge is -2.52. The zero-order chi connectivity index (χ0) is 35.1. The Hall–Kier alpha value is -2.36. The molecule has 46 heavy (non-hydrogen) atoms. The molecule has 0 spiro atoms. The summed E-state index contributed by atoms with van der Waals surface area (Å²) in [6.45, 7) is 15.8. The fourth-order valence-corrected chi connectivity index (χ4v) is 7.26. The molecule has 0 aromatic rings. The van der Waals surface area contributed by atoms with Crippen molar-refractivity contribution < 1.29 is 29.6 Å². The summed E-state index contributed by atoms with van der Waals surface area (Å²) in [6.07, 6.45) is 9.30. The Balaban J connectivity index is 1.53. The van der Waals surface area contributed by atoms with Gasteiger partial charge in [-0.25, -0.2) is 11.7 Å². The molecule has 2 fully saturated rings. The van der Waals surface area contributed by atoms with Crippen LogP contribution in [0.5, 0.6) is 0 Å². The number of piperidine rings is 2. The molecule has 0 radical (unpaired) electrons. The molecule has 2 aliphatic rings. The van der Waals surface area contributed by atoms with Gasteiger partial charge >= 0.3 is 23.6 Å². The van der Waals surface area contributed by atoms with Gasteiger partial charge in [0.1, 0.15) is 0 Å². The number of carbonyl (C=O) groups excluding carboxylic acids is 4. The summed E-state index contributed by atoms with van der Waals surface area (Å²) < 4.78 is 0. The van der Waals surface area contributed by atoms with Gasteiger partial charge in [-0.05, 0) is 93.9 Å². The van der Waals surface area contributed by atoms with Gasteiger partial charge in [-0.15, -0.1) is 0 Å². The molecule has 0 aromatic heterocycles. The maximum absolute atomic E-state index is 12.6. The van der Waals surface area contributed by atoms with Gasteiger partial charge in [-0.2, -0.15) is 10.1 Å². The summed E-state index contributed by atoms with van der Waals surface area (Å²) in [5, 5.41) is 30.9. The van der Waals surface area contributed by atoms with E-state index < -0.39 is 45.8 Å². The third-order valence-corrected chi connectivity index (χ3v) is 9.55. The highest BCUT2D eigenvalue weighted by molar-refractivity contribution is 6.35. The van der Waals surface area contributed by atoms with Crippen LogP contribution in [0.3, 0.4) is 0 Å². The molecule has 14 heteroatoms. The van der Waals surface area contributed by atoms with Crippen molar-refractivity contribution >= 4 is 23.6 Å². The molecule has 8 N–H and O–H groups in total. The van der Waals surface area contributed by atoms with Crippen LogP contribution in [-0.4, -0.2) is 102 Å². The maximum atomic E-state index is 12.6. The van der Waals surface area contributed by atoms with E-state index in [0.29, 0.717) is 38.8 Å². The van der Waals surface area contributed by atoms with Gasteiger partial charge in [0.25, 0.3) is 0 Å². The predicted octanol–water partition coefficient (Wildman–Crippen LogP) is 2.57. The second kappa shape index (κ2) is 16.2. The van der Waals surface area contributed by atoms with E-state index in [1.54, 1.807) is 0 Å². The van der Waals surface area contributed by atoms with Gasteiger partial charge in [0.05, 0.1) is 12.1 Å². The van der Waals surface area contributed by atoms with Crippen molar-refractivity contribution in [1.29, 1.82) is 0 Å². The van der Waals surface area contributed by atoms with Crippen molar-refractivity contribution in [3.63, 3.8) is 0 Å². The largest absolute Gasteiger partial charge is 0.348 e. The van der Waals surface area contributed by atoms with Crippen LogP contribution in [0.1, 0.15) is 132 Å². The lowest BCUT2D eigenvalue weighted by atomic mass is 9.78. The topological polar surface area (TPSA) is 198 Å². The van der Waals surface area contributed by atoms with Gasteiger partial charge in [0, 0.05) is 35.2 Å². The van der Waals surface area contributed by atoms with E-state index in [0.717, 1.165) is 61.4 Å². The van der Waals surface area contributed by atoms with E-state index in [1.165, 1.54) is 10.1 Å².